The van der Waals surface area contributed by atoms with Crippen molar-refractivity contribution >= 4 is 27.5 Å². The average Bonchev–Trinajstić information content (AvgIpc) is 3.58. The summed E-state index contributed by atoms with van der Waals surface area (Å²) in [4.78, 5) is 40.0. The standard InChI is InChI=1S/C29H26N4O6S/c34-27(30-18-20-9-3-1-4-10-20)26-29-16-15-22(17-23(29)28(35)31(26)19-21-11-5-2-6-12-21)32(29)40(38,39)25-14-8-7-13-24(25)33(36)37/h1-16,22-23,26H,17-19H2,(H,30,34)/t22-,23+,26-,29+/m0/s1. The molecule has 2 fully saturated rings. The highest BCUT2D eigenvalue weighted by molar-refractivity contribution is 7.89. The highest BCUT2D eigenvalue weighted by atomic mass is 32.2. The minimum atomic E-state index is -4.50. The molecule has 10 nitrogen and oxygen atoms in total. The van der Waals surface area contributed by atoms with Crippen LogP contribution in [0.25, 0.3) is 0 Å². The van der Waals surface area contributed by atoms with Crippen molar-refractivity contribution in [2.24, 2.45) is 5.92 Å². The van der Waals surface area contributed by atoms with Crippen molar-refractivity contribution in [1.82, 2.24) is 14.5 Å². The van der Waals surface area contributed by atoms with Gasteiger partial charge >= 0.3 is 0 Å². The molecular formula is C29H26N4O6S. The minimum Gasteiger partial charge on any atom is -0.350 e. The molecule has 1 N–H and O–H groups in total. The molecule has 6 rings (SSSR count). The Morgan fingerprint density at radius 1 is 0.975 bits per heavy atom. The van der Waals surface area contributed by atoms with Crippen molar-refractivity contribution in [2.75, 3.05) is 0 Å². The largest absolute Gasteiger partial charge is 0.350 e. The maximum atomic E-state index is 14.2. The van der Waals surface area contributed by atoms with E-state index in [1.165, 1.54) is 27.4 Å². The Morgan fingerprint density at radius 3 is 2.27 bits per heavy atom. The van der Waals surface area contributed by atoms with Crippen LogP contribution in [0, 0.1) is 16.0 Å². The van der Waals surface area contributed by atoms with Gasteiger partial charge in [0.25, 0.3) is 15.7 Å². The molecule has 0 radical (unpaired) electrons. The van der Waals surface area contributed by atoms with Gasteiger partial charge in [-0.25, -0.2) is 8.42 Å². The average molecular weight is 559 g/mol. The van der Waals surface area contributed by atoms with E-state index < -0.39 is 55.0 Å². The van der Waals surface area contributed by atoms with Gasteiger partial charge in [0, 0.05) is 25.2 Å². The summed E-state index contributed by atoms with van der Waals surface area (Å²) in [5, 5.41) is 14.7. The Kier molecular flexibility index (Phi) is 6.27. The molecule has 40 heavy (non-hydrogen) atoms. The Hall–Kier alpha value is -4.35. The molecule has 0 aromatic heterocycles. The fourth-order valence-corrected chi connectivity index (χ4v) is 8.44. The topological polar surface area (TPSA) is 130 Å². The molecule has 2 saturated heterocycles. The lowest BCUT2D eigenvalue weighted by Gasteiger charge is -2.38. The van der Waals surface area contributed by atoms with Gasteiger partial charge in [0.15, 0.2) is 4.90 Å². The lowest BCUT2D eigenvalue weighted by molar-refractivity contribution is -0.387. The molecule has 3 aromatic rings. The van der Waals surface area contributed by atoms with Gasteiger partial charge in [-0.1, -0.05) is 84.9 Å². The molecule has 204 valence electrons. The van der Waals surface area contributed by atoms with E-state index in [9.17, 15) is 28.1 Å². The zero-order valence-electron chi connectivity index (χ0n) is 21.3. The van der Waals surface area contributed by atoms with Crippen LogP contribution in [0.15, 0.2) is 102 Å². The number of rotatable bonds is 8. The number of sulfonamides is 1. The van der Waals surface area contributed by atoms with E-state index in [0.717, 1.165) is 17.2 Å². The highest BCUT2D eigenvalue weighted by Crippen LogP contribution is 2.56. The zero-order chi connectivity index (χ0) is 28.1. The van der Waals surface area contributed by atoms with E-state index in [-0.39, 0.29) is 25.4 Å². The predicted octanol–water partition coefficient (Wildman–Crippen LogP) is 3.01. The summed E-state index contributed by atoms with van der Waals surface area (Å²) < 4.78 is 29.6. The maximum absolute atomic E-state index is 14.2. The number of benzene rings is 3. The lowest BCUT2D eigenvalue weighted by Crippen LogP contribution is -2.61. The van der Waals surface area contributed by atoms with Crippen LogP contribution in [0.1, 0.15) is 17.5 Å². The highest BCUT2D eigenvalue weighted by Gasteiger charge is 2.73. The van der Waals surface area contributed by atoms with E-state index in [1.807, 2.05) is 60.7 Å². The molecule has 2 amide bonds. The number of nitrogens with zero attached hydrogens (tertiary/aromatic N) is 3. The predicted molar refractivity (Wildman–Crippen MR) is 145 cm³/mol. The SMILES string of the molecule is O=C(NCc1ccccc1)[C@@H]1N(Cc2ccccc2)C(=O)[C@H]2C[C@@H]3C=C[C@@]21N3S(=O)(=O)c1ccccc1[N+](=O)[O-]. The van der Waals surface area contributed by atoms with Crippen LogP contribution < -0.4 is 5.32 Å². The third-order valence-corrected chi connectivity index (χ3v) is 9.99. The molecule has 4 atom stereocenters. The number of fused-ring (bicyclic) bond motifs is 1. The summed E-state index contributed by atoms with van der Waals surface area (Å²) in [7, 11) is -4.50. The summed E-state index contributed by atoms with van der Waals surface area (Å²) >= 11 is 0. The zero-order valence-corrected chi connectivity index (χ0v) is 22.1. The van der Waals surface area contributed by atoms with Crippen molar-refractivity contribution < 1.29 is 22.9 Å². The fourth-order valence-electron chi connectivity index (χ4n) is 6.36. The first-order chi connectivity index (χ1) is 19.2. The van der Waals surface area contributed by atoms with Gasteiger partial charge in [-0.3, -0.25) is 19.7 Å². The molecule has 0 unspecified atom stereocenters. The number of carbonyl (C=O) groups excluding carboxylic acids is 2. The number of nitro benzene ring substituents is 1. The van der Waals surface area contributed by atoms with Crippen LogP contribution in [0.5, 0.6) is 0 Å². The number of carbonyl (C=O) groups is 2. The number of hydrogen-bond acceptors (Lipinski definition) is 6. The van der Waals surface area contributed by atoms with Gasteiger partial charge < -0.3 is 10.2 Å². The second kappa shape index (κ2) is 9.68. The molecule has 2 bridgehead atoms. The number of nitrogens with one attached hydrogen (secondary N) is 1. The van der Waals surface area contributed by atoms with E-state index in [0.29, 0.717) is 0 Å². The fraction of sp³-hybridized carbons (Fsp3) is 0.241. The molecular weight excluding hydrogens is 532 g/mol. The van der Waals surface area contributed by atoms with Gasteiger partial charge in [0.2, 0.25) is 11.8 Å². The first-order valence-electron chi connectivity index (χ1n) is 12.9. The first kappa shape index (κ1) is 25.9. The number of likely N-dealkylation sites (tertiary alicyclic amines) is 1. The summed E-state index contributed by atoms with van der Waals surface area (Å²) in [5.41, 5.74) is -0.448. The Morgan fingerprint density at radius 2 is 1.60 bits per heavy atom. The molecule has 3 heterocycles. The third kappa shape index (κ3) is 3.92. The van der Waals surface area contributed by atoms with Crippen molar-refractivity contribution in [1.29, 1.82) is 0 Å². The van der Waals surface area contributed by atoms with Crippen molar-refractivity contribution in [3.8, 4) is 0 Å². The normalized spacial score (nSPS) is 25.2. The summed E-state index contributed by atoms with van der Waals surface area (Å²) in [6, 6.07) is 21.7. The maximum Gasteiger partial charge on any atom is 0.289 e. The number of amides is 2. The van der Waals surface area contributed by atoms with Crippen molar-refractivity contribution in [2.45, 2.75) is 42.0 Å². The quantitative estimate of drug-likeness (QED) is 0.257. The van der Waals surface area contributed by atoms with Crippen LogP contribution in [0.3, 0.4) is 0 Å². The van der Waals surface area contributed by atoms with Crippen LogP contribution in [-0.2, 0) is 32.7 Å². The summed E-state index contributed by atoms with van der Waals surface area (Å²) in [5.74, 6) is -1.62. The molecule has 3 aromatic carbocycles. The molecule has 1 spiro atoms. The van der Waals surface area contributed by atoms with Crippen molar-refractivity contribution in [3.63, 3.8) is 0 Å². The third-order valence-electron chi connectivity index (χ3n) is 7.99. The number of hydrogen-bond donors (Lipinski definition) is 1. The van der Waals surface area contributed by atoms with Crippen LogP contribution in [-0.4, -0.2) is 52.0 Å². The van der Waals surface area contributed by atoms with E-state index in [4.69, 9.17) is 0 Å². The molecule has 11 heteroatoms. The van der Waals surface area contributed by atoms with Gasteiger partial charge in [-0.2, -0.15) is 4.31 Å². The second-order valence-corrected chi connectivity index (χ2v) is 12.0. The summed E-state index contributed by atoms with van der Waals surface area (Å²) in [6.45, 7) is 0.299. The van der Waals surface area contributed by atoms with Gasteiger partial charge in [0.1, 0.15) is 6.04 Å². The second-order valence-electron chi connectivity index (χ2n) is 10.2. The van der Waals surface area contributed by atoms with E-state index in [2.05, 4.69) is 5.32 Å². The van der Waals surface area contributed by atoms with E-state index in [1.54, 1.807) is 12.2 Å². The number of nitro groups is 1. The molecule has 0 saturated carbocycles. The van der Waals surface area contributed by atoms with Crippen molar-refractivity contribution in [3.05, 3.63) is 118 Å². The van der Waals surface area contributed by atoms with Gasteiger partial charge in [-0.15, -0.1) is 0 Å². The minimum absolute atomic E-state index is 0.110. The van der Waals surface area contributed by atoms with Gasteiger partial charge in [0.05, 0.1) is 16.4 Å². The molecule has 0 aliphatic carbocycles. The number of para-hydroxylation sites is 1. The molecule has 3 aliphatic rings. The van der Waals surface area contributed by atoms with Crippen LogP contribution in [0.2, 0.25) is 0 Å². The Labute approximate surface area is 231 Å². The van der Waals surface area contributed by atoms with Crippen LogP contribution in [0.4, 0.5) is 5.69 Å². The Bertz CT molecular complexity index is 1630. The monoisotopic (exact) mass is 558 g/mol. The Balaban J connectivity index is 1.45. The van der Waals surface area contributed by atoms with Gasteiger partial charge in [-0.05, 0) is 23.6 Å². The van der Waals surface area contributed by atoms with Crippen LogP contribution >= 0.6 is 0 Å². The lowest BCUT2D eigenvalue weighted by atomic mass is 9.80. The smallest absolute Gasteiger partial charge is 0.289 e. The molecule has 3 aliphatic heterocycles. The first-order valence-corrected chi connectivity index (χ1v) is 14.3. The summed E-state index contributed by atoms with van der Waals surface area (Å²) in [6.07, 6.45) is 3.52. The van der Waals surface area contributed by atoms with E-state index >= 15 is 0 Å².